The van der Waals surface area contributed by atoms with Gasteiger partial charge in [-0.15, -0.1) is 0 Å². The van der Waals surface area contributed by atoms with Gasteiger partial charge in [0.25, 0.3) is 0 Å². The van der Waals surface area contributed by atoms with Crippen molar-refractivity contribution >= 4 is 5.71 Å². The van der Waals surface area contributed by atoms with Crippen molar-refractivity contribution in [3.05, 3.63) is 0 Å². The first-order valence-corrected chi connectivity index (χ1v) is 4.65. The van der Waals surface area contributed by atoms with Crippen molar-refractivity contribution in [2.75, 3.05) is 0 Å². The first-order chi connectivity index (χ1) is 5.38. The number of nitrogens with two attached hydrogens (primary N) is 1. The Hall–Kier alpha value is -0.530. The average molecular weight is 154 g/mol. The largest absolute Gasteiger partial charge is 0.323 e. The number of hydrogen-bond acceptors (Lipinski definition) is 2. The lowest BCUT2D eigenvalue weighted by Crippen LogP contribution is -2.12. The van der Waals surface area contributed by atoms with E-state index in [0.717, 1.165) is 12.3 Å². The number of hydrazone groups is 1. The van der Waals surface area contributed by atoms with E-state index in [4.69, 9.17) is 5.84 Å². The molecule has 1 fully saturated rings. The van der Waals surface area contributed by atoms with Crippen LogP contribution in [0.4, 0.5) is 0 Å². The molecule has 64 valence electrons. The van der Waals surface area contributed by atoms with Crippen LogP contribution in [0.25, 0.3) is 0 Å². The van der Waals surface area contributed by atoms with Gasteiger partial charge in [-0.2, -0.15) is 5.10 Å². The summed E-state index contributed by atoms with van der Waals surface area (Å²) < 4.78 is 0. The zero-order chi connectivity index (χ0) is 8.10. The van der Waals surface area contributed by atoms with E-state index in [1.165, 1.54) is 37.8 Å². The monoisotopic (exact) mass is 154 g/mol. The minimum atomic E-state index is 0.722. The summed E-state index contributed by atoms with van der Waals surface area (Å²) in [6, 6.07) is 0. The van der Waals surface area contributed by atoms with Crippen LogP contribution in [-0.4, -0.2) is 5.71 Å². The predicted molar refractivity (Wildman–Crippen MR) is 48.5 cm³/mol. The fourth-order valence-electron chi connectivity index (χ4n) is 1.89. The third-order valence-corrected chi connectivity index (χ3v) is 2.50. The summed E-state index contributed by atoms with van der Waals surface area (Å²) in [5.41, 5.74) is 1.25. The fourth-order valence-corrected chi connectivity index (χ4v) is 1.89. The van der Waals surface area contributed by atoms with Crippen LogP contribution in [0.3, 0.4) is 0 Å². The molecule has 0 unspecified atom stereocenters. The normalized spacial score (nSPS) is 21.0. The second-order valence-corrected chi connectivity index (χ2v) is 3.35. The van der Waals surface area contributed by atoms with Crippen LogP contribution in [0.15, 0.2) is 5.10 Å². The van der Waals surface area contributed by atoms with Crippen molar-refractivity contribution in [3.63, 3.8) is 0 Å². The summed E-state index contributed by atoms with van der Waals surface area (Å²) in [5, 5.41) is 3.88. The van der Waals surface area contributed by atoms with E-state index in [0.29, 0.717) is 0 Å². The third kappa shape index (κ3) is 2.21. The molecule has 1 aliphatic rings. The highest BCUT2D eigenvalue weighted by molar-refractivity contribution is 5.86. The van der Waals surface area contributed by atoms with Crippen LogP contribution in [-0.2, 0) is 0 Å². The molecule has 2 heteroatoms. The van der Waals surface area contributed by atoms with Crippen molar-refractivity contribution in [1.82, 2.24) is 0 Å². The first kappa shape index (κ1) is 8.57. The molecule has 0 radical (unpaired) electrons. The summed E-state index contributed by atoms with van der Waals surface area (Å²) in [6.07, 6.45) is 7.64. The van der Waals surface area contributed by atoms with Gasteiger partial charge in [-0.25, -0.2) is 0 Å². The van der Waals surface area contributed by atoms with E-state index in [1.807, 2.05) is 0 Å². The maximum absolute atomic E-state index is 5.33. The van der Waals surface area contributed by atoms with Gasteiger partial charge in [0.1, 0.15) is 0 Å². The SMILES string of the molecule is CCC/C(=N/N)C1CCCC1. The smallest absolute Gasteiger partial charge is 0.0406 e. The van der Waals surface area contributed by atoms with E-state index in [9.17, 15) is 0 Å². The highest BCUT2D eigenvalue weighted by atomic mass is 15.1. The van der Waals surface area contributed by atoms with Crippen molar-refractivity contribution in [3.8, 4) is 0 Å². The Balaban J connectivity index is 2.41. The molecular weight excluding hydrogens is 136 g/mol. The zero-order valence-electron chi connectivity index (χ0n) is 7.34. The Kier molecular flexibility index (Phi) is 3.40. The van der Waals surface area contributed by atoms with Gasteiger partial charge in [0.15, 0.2) is 0 Å². The molecule has 0 aromatic heterocycles. The third-order valence-electron chi connectivity index (χ3n) is 2.50. The lowest BCUT2D eigenvalue weighted by molar-refractivity contribution is 0.701. The zero-order valence-corrected chi connectivity index (χ0v) is 7.34. The Labute approximate surface area is 68.9 Å². The second-order valence-electron chi connectivity index (χ2n) is 3.35. The van der Waals surface area contributed by atoms with Crippen molar-refractivity contribution in [2.24, 2.45) is 16.9 Å². The molecule has 0 aromatic carbocycles. The topological polar surface area (TPSA) is 38.4 Å². The Morgan fingerprint density at radius 2 is 2.09 bits per heavy atom. The van der Waals surface area contributed by atoms with Crippen molar-refractivity contribution in [1.29, 1.82) is 0 Å². The molecule has 0 aromatic rings. The minimum Gasteiger partial charge on any atom is -0.323 e. The molecule has 0 heterocycles. The Morgan fingerprint density at radius 1 is 1.45 bits per heavy atom. The molecule has 0 amide bonds. The van der Waals surface area contributed by atoms with Crippen LogP contribution in [0.2, 0.25) is 0 Å². The summed E-state index contributed by atoms with van der Waals surface area (Å²) in [4.78, 5) is 0. The quantitative estimate of drug-likeness (QED) is 0.378. The molecule has 0 bridgehead atoms. The molecule has 0 aliphatic heterocycles. The van der Waals surface area contributed by atoms with E-state index in [1.54, 1.807) is 0 Å². The van der Waals surface area contributed by atoms with Gasteiger partial charge < -0.3 is 5.84 Å². The number of nitrogens with zero attached hydrogens (tertiary/aromatic N) is 1. The van der Waals surface area contributed by atoms with Gasteiger partial charge in [-0.1, -0.05) is 26.2 Å². The molecule has 0 saturated heterocycles. The fraction of sp³-hybridized carbons (Fsp3) is 0.889. The molecule has 2 nitrogen and oxygen atoms in total. The Bertz CT molecular complexity index is 134. The summed E-state index contributed by atoms with van der Waals surface area (Å²) >= 11 is 0. The lowest BCUT2D eigenvalue weighted by Gasteiger charge is -2.10. The van der Waals surface area contributed by atoms with E-state index >= 15 is 0 Å². The predicted octanol–water partition coefficient (Wildman–Crippen LogP) is 2.29. The van der Waals surface area contributed by atoms with Crippen molar-refractivity contribution < 1.29 is 0 Å². The first-order valence-electron chi connectivity index (χ1n) is 4.65. The molecule has 2 N–H and O–H groups in total. The molecule has 1 rings (SSSR count). The number of rotatable bonds is 3. The lowest BCUT2D eigenvalue weighted by atomic mass is 9.98. The standard InChI is InChI=1S/C9H18N2/c1-2-5-9(11-10)8-6-3-4-7-8/h8H,2-7,10H2,1H3/b11-9-. The van der Waals surface area contributed by atoms with Crippen molar-refractivity contribution in [2.45, 2.75) is 45.4 Å². The molecule has 1 aliphatic carbocycles. The summed E-state index contributed by atoms with van der Waals surface area (Å²) in [5.74, 6) is 6.05. The van der Waals surface area contributed by atoms with Crippen LogP contribution in [0.5, 0.6) is 0 Å². The Morgan fingerprint density at radius 3 is 2.55 bits per heavy atom. The molecular formula is C9H18N2. The van der Waals surface area contributed by atoms with Gasteiger partial charge in [0.2, 0.25) is 0 Å². The van der Waals surface area contributed by atoms with Gasteiger partial charge in [0, 0.05) is 5.71 Å². The van der Waals surface area contributed by atoms with Crippen LogP contribution in [0.1, 0.15) is 45.4 Å². The molecule has 0 atom stereocenters. The highest BCUT2D eigenvalue weighted by Crippen LogP contribution is 2.27. The summed E-state index contributed by atoms with van der Waals surface area (Å²) in [7, 11) is 0. The number of hydrogen-bond donors (Lipinski definition) is 1. The minimum absolute atomic E-state index is 0.722. The maximum Gasteiger partial charge on any atom is 0.0406 e. The van der Waals surface area contributed by atoms with Gasteiger partial charge >= 0.3 is 0 Å². The van der Waals surface area contributed by atoms with Crippen LogP contribution in [0, 0.1) is 5.92 Å². The van der Waals surface area contributed by atoms with Crippen LogP contribution < -0.4 is 5.84 Å². The van der Waals surface area contributed by atoms with Crippen LogP contribution >= 0.6 is 0 Å². The van der Waals surface area contributed by atoms with Gasteiger partial charge in [-0.3, -0.25) is 0 Å². The second kappa shape index (κ2) is 4.37. The van der Waals surface area contributed by atoms with Gasteiger partial charge in [-0.05, 0) is 25.2 Å². The van der Waals surface area contributed by atoms with Gasteiger partial charge in [0.05, 0.1) is 0 Å². The average Bonchev–Trinajstić information content (AvgIpc) is 2.52. The molecule has 0 spiro atoms. The highest BCUT2D eigenvalue weighted by Gasteiger charge is 2.19. The summed E-state index contributed by atoms with van der Waals surface area (Å²) in [6.45, 7) is 2.18. The maximum atomic E-state index is 5.33. The molecule has 11 heavy (non-hydrogen) atoms. The van der Waals surface area contributed by atoms with E-state index < -0.39 is 0 Å². The molecule has 1 saturated carbocycles. The van der Waals surface area contributed by atoms with E-state index in [-0.39, 0.29) is 0 Å². The van der Waals surface area contributed by atoms with E-state index in [2.05, 4.69) is 12.0 Å².